The van der Waals surface area contributed by atoms with E-state index in [2.05, 4.69) is 10.4 Å². The number of rotatable bonds is 5. The summed E-state index contributed by atoms with van der Waals surface area (Å²) in [4.78, 5) is 0. The highest BCUT2D eigenvalue weighted by Crippen LogP contribution is 2.13. The van der Waals surface area contributed by atoms with Crippen LogP contribution >= 0.6 is 0 Å². The third-order valence-electron chi connectivity index (χ3n) is 2.22. The van der Waals surface area contributed by atoms with Crippen LogP contribution in [0.15, 0.2) is 12.3 Å². The molecule has 0 saturated carbocycles. The zero-order chi connectivity index (χ0) is 11.5. The summed E-state index contributed by atoms with van der Waals surface area (Å²) in [7, 11) is -1.24. The summed E-state index contributed by atoms with van der Waals surface area (Å²) in [5, 5.41) is 7.11. The van der Waals surface area contributed by atoms with Crippen LogP contribution in [-0.2, 0) is 16.4 Å². The van der Waals surface area contributed by atoms with E-state index >= 15 is 0 Å². The van der Waals surface area contributed by atoms with Crippen molar-refractivity contribution in [1.29, 1.82) is 0 Å². The maximum absolute atomic E-state index is 11.2. The van der Waals surface area contributed by atoms with E-state index in [1.165, 1.54) is 6.26 Å². The minimum absolute atomic E-state index is 0.0925. The maximum atomic E-state index is 11.2. The van der Waals surface area contributed by atoms with Crippen LogP contribution in [0.5, 0.6) is 0 Å². The Hall–Kier alpha value is -0.880. The van der Waals surface area contributed by atoms with Gasteiger partial charge in [0.2, 0.25) is 0 Å². The highest BCUT2D eigenvalue weighted by molar-refractivity contribution is 7.90. The zero-order valence-corrected chi connectivity index (χ0v) is 10.1. The van der Waals surface area contributed by atoms with Crippen molar-refractivity contribution in [2.75, 3.05) is 19.1 Å². The summed E-state index contributed by atoms with van der Waals surface area (Å²) in [5.41, 5.74) is 0.908. The van der Waals surface area contributed by atoms with Gasteiger partial charge in [-0.1, -0.05) is 0 Å². The van der Waals surface area contributed by atoms with Gasteiger partial charge in [-0.15, -0.1) is 0 Å². The van der Waals surface area contributed by atoms with Gasteiger partial charge in [0.15, 0.2) is 0 Å². The first-order chi connectivity index (χ1) is 6.98. The van der Waals surface area contributed by atoms with E-state index < -0.39 is 9.84 Å². The summed E-state index contributed by atoms with van der Waals surface area (Å²) in [6, 6.07) is 1.65. The number of aromatic nitrogens is 2. The standard InChI is InChI=1S/C9H17N3O2S/c1-4-12-9(5-6-11-12)8(10-2)7-15(3,13)14/h5-6,8,10H,4,7H2,1-3H3. The average molecular weight is 231 g/mol. The van der Waals surface area contributed by atoms with Crippen molar-refractivity contribution >= 4 is 9.84 Å². The molecule has 5 nitrogen and oxygen atoms in total. The van der Waals surface area contributed by atoms with Crippen LogP contribution in [0.3, 0.4) is 0 Å². The lowest BCUT2D eigenvalue weighted by molar-refractivity contribution is 0.533. The van der Waals surface area contributed by atoms with Crippen LogP contribution in [0.1, 0.15) is 18.7 Å². The van der Waals surface area contributed by atoms with Gasteiger partial charge in [0.25, 0.3) is 0 Å². The smallest absolute Gasteiger partial charge is 0.149 e. The molecular formula is C9H17N3O2S. The van der Waals surface area contributed by atoms with Crippen LogP contribution in [0.4, 0.5) is 0 Å². The molecule has 1 aromatic rings. The lowest BCUT2D eigenvalue weighted by Gasteiger charge is -2.16. The summed E-state index contributed by atoms with van der Waals surface area (Å²) < 4.78 is 24.2. The molecule has 6 heteroatoms. The van der Waals surface area contributed by atoms with Crippen LogP contribution in [0.2, 0.25) is 0 Å². The molecule has 1 atom stereocenters. The van der Waals surface area contributed by atoms with Crippen molar-refractivity contribution < 1.29 is 8.42 Å². The molecule has 0 aliphatic heterocycles. The second-order valence-corrected chi connectivity index (χ2v) is 5.69. The summed E-state index contributed by atoms with van der Waals surface area (Å²) in [5.74, 6) is 0.0925. The Morgan fingerprint density at radius 2 is 2.27 bits per heavy atom. The molecule has 1 unspecified atom stereocenters. The highest BCUT2D eigenvalue weighted by atomic mass is 32.2. The minimum Gasteiger partial charge on any atom is -0.311 e. The molecule has 0 aliphatic carbocycles. The van der Waals surface area contributed by atoms with Crippen molar-refractivity contribution in [1.82, 2.24) is 15.1 Å². The first-order valence-electron chi connectivity index (χ1n) is 4.84. The molecule has 0 fully saturated rings. The molecule has 0 spiro atoms. The van der Waals surface area contributed by atoms with Gasteiger partial charge >= 0.3 is 0 Å². The summed E-state index contributed by atoms with van der Waals surface area (Å²) in [6.45, 7) is 2.72. The summed E-state index contributed by atoms with van der Waals surface area (Å²) >= 11 is 0. The predicted molar refractivity (Wildman–Crippen MR) is 59.4 cm³/mol. The topological polar surface area (TPSA) is 64.0 Å². The second-order valence-electron chi connectivity index (χ2n) is 3.51. The maximum Gasteiger partial charge on any atom is 0.149 e. The quantitative estimate of drug-likeness (QED) is 0.786. The van der Waals surface area contributed by atoms with Crippen molar-refractivity contribution in [3.8, 4) is 0 Å². The molecule has 1 rings (SSSR count). The lowest BCUT2D eigenvalue weighted by Crippen LogP contribution is -2.27. The fraction of sp³-hybridized carbons (Fsp3) is 0.667. The molecule has 0 aliphatic rings. The van der Waals surface area contributed by atoms with E-state index in [1.54, 1.807) is 17.9 Å². The molecule has 0 bridgehead atoms. The first-order valence-corrected chi connectivity index (χ1v) is 6.90. The van der Waals surface area contributed by atoms with Crippen molar-refractivity contribution in [2.24, 2.45) is 0 Å². The molecule has 0 radical (unpaired) electrons. The fourth-order valence-electron chi connectivity index (χ4n) is 1.52. The number of hydrogen-bond donors (Lipinski definition) is 1. The van der Waals surface area contributed by atoms with Crippen molar-refractivity contribution in [2.45, 2.75) is 19.5 Å². The monoisotopic (exact) mass is 231 g/mol. The van der Waals surface area contributed by atoms with E-state index in [-0.39, 0.29) is 11.8 Å². The Bertz CT molecular complexity index is 411. The van der Waals surface area contributed by atoms with E-state index in [4.69, 9.17) is 0 Å². The van der Waals surface area contributed by atoms with Crippen LogP contribution < -0.4 is 5.32 Å². The van der Waals surface area contributed by atoms with Crippen LogP contribution in [0, 0.1) is 0 Å². The molecule has 86 valence electrons. The Kier molecular flexibility index (Phi) is 3.87. The molecule has 0 amide bonds. The van der Waals surface area contributed by atoms with E-state index in [9.17, 15) is 8.42 Å². The molecule has 1 heterocycles. The van der Waals surface area contributed by atoms with Gasteiger partial charge in [0.1, 0.15) is 9.84 Å². The fourth-order valence-corrected chi connectivity index (χ4v) is 2.47. The number of nitrogens with zero attached hydrogens (tertiary/aromatic N) is 2. The number of hydrogen-bond acceptors (Lipinski definition) is 4. The summed E-state index contributed by atoms with van der Waals surface area (Å²) in [6.07, 6.45) is 2.93. The van der Waals surface area contributed by atoms with E-state index in [1.807, 2.05) is 13.0 Å². The highest BCUT2D eigenvalue weighted by Gasteiger charge is 2.18. The Labute approximate surface area is 90.4 Å². The third-order valence-corrected chi connectivity index (χ3v) is 3.16. The number of nitrogens with one attached hydrogen (secondary N) is 1. The Balaban J connectivity index is 2.92. The number of aryl methyl sites for hydroxylation is 1. The first kappa shape index (κ1) is 12.2. The van der Waals surface area contributed by atoms with Gasteiger partial charge in [-0.2, -0.15) is 5.10 Å². The largest absolute Gasteiger partial charge is 0.311 e. The van der Waals surface area contributed by atoms with Gasteiger partial charge in [-0.25, -0.2) is 8.42 Å². The Morgan fingerprint density at radius 3 is 2.73 bits per heavy atom. The molecular weight excluding hydrogens is 214 g/mol. The van der Waals surface area contributed by atoms with Gasteiger partial charge in [-0.3, -0.25) is 4.68 Å². The normalized spacial score (nSPS) is 14.1. The van der Waals surface area contributed by atoms with Gasteiger partial charge in [0.05, 0.1) is 17.5 Å². The zero-order valence-electron chi connectivity index (χ0n) is 9.27. The molecule has 15 heavy (non-hydrogen) atoms. The van der Waals surface area contributed by atoms with Crippen molar-refractivity contribution in [3.63, 3.8) is 0 Å². The molecule has 1 N–H and O–H groups in total. The van der Waals surface area contributed by atoms with Gasteiger partial charge < -0.3 is 5.32 Å². The average Bonchev–Trinajstić information content (AvgIpc) is 2.60. The molecule has 0 aromatic carbocycles. The van der Waals surface area contributed by atoms with Gasteiger partial charge in [-0.05, 0) is 20.0 Å². The predicted octanol–water partition coefficient (Wildman–Crippen LogP) is 0.208. The second kappa shape index (κ2) is 4.76. The van der Waals surface area contributed by atoms with E-state index in [0.29, 0.717) is 0 Å². The van der Waals surface area contributed by atoms with Crippen LogP contribution in [0.25, 0.3) is 0 Å². The van der Waals surface area contributed by atoms with Crippen molar-refractivity contribution in [3.05, 3.63) is 18.0 Å². The Morgan fingerprint density at radius 1 is 1.60 bits per heavy atom. The number of sulfone groups is 1. The third kappa shape index (κ3) is 3.32. The SMILES string of the molecule is CCn1nccc1C(CS(C)(=O)=O)NC. The van der Waals surface area contributed by atoms with Gasteiger partial charge in [0, 0.05) is 19.0 Å². The lowest BCUT2D eigenvalue weighted by atomic mass is 10.2. The molecule has 0 saturated heterocycles. The van der Waals surface area contributed by atoms with Crippen LogP contribution in [-0.4, -0.2) is 37.3 Å². The molecule has 1 aromatic heterocycles. The van der Waals surface area contributed by atoms with E-state index in [0.717, 1.165) is 12.2 Å². The minimum atomic E-state index is -2.99.